The maximum atomic E-state index is 13.3. The number of nitrogens with zero attached hydrogens (tertiary/aromatic N) is 1. The minimum Gasteiger partial charge on any atom is -0.494 e. The van der Waals surface area contributed by atoms with Gasteiger partial charge in [-0.1, -0.05) is 5.16 Å². The number of amides is 1. The molecular formula is C10H12FN3O3. The molecule has 0 bridgehead atoms. The molecule has 0 heterocycles. The van der Waals surface area contributed by atoms with Crippen molar-refractivity contribution in [3.63, 3.8) is 0 Å². The van der Waals surface area contributed by atoms with Gasteiger partial charge in [-0.2, -0.15) is 0 Å². The van der Waals surface area contributed by atoms with Gasteiger partial charge in [0.15, 0.2) is 17.4 Å². The minimum atomic E-state index is -0.635. The zero-order valence-electron chi connectivity index (χ0n) is 9.11. The summed E-state index contributed by atoms with van der Waals surface area (Å²) in [5.74, 6) is -1.26. The molecule has 0 aliphatic carbocycles. The number of ether oxygens (including phenoxy) is 1. The van der Waals surface area contributed by atoms with Gasteiger partial charge in [0.2, 0.25) is 0 Å². The minimum absolute atomic E-state index is 0.0537. The summed E-state index contributed by atoms with van der Waals surface area (Å²) in [7, 11) is 1.33. The lowest BCUT2D eigenvalue weighted by molar-refractivity contribution is 0.0958. The van der Waals surface area contributed by atoms with Crippen LogP contribution in [0.15, 0.2) is 23.4 Å². The van der Waals surface area contributed by atoms with Gasteiger partial charge in [0.05, 0.1) is 13.7 Å². The van der Waals surface area contributed by atoms with E-state index in [0.29, 0.717) is 0 Å². The Hall–Kier alpha value is -2.31. The lowest BCUT2D eigenvalue weighted by Gasteiger charge is -2.06. The van der Waals surface area contributed by atoms with E-state index in [-0.39, 0.29) is 23.7 Å². The highest BCUT2D eigenvalue weighted by atomic mass is 19.1. The number of carbonyl (C=O) groups is 1. The number of halogens is 1. The molecule has 0 aromatic heterocycles. The second-order valence-electron chi connectivity index (χ2n) is 3.12. The summed E-state index contributed by atoms with van der Waals surface area (Å²) in [5.41, 5.74) is 5.29. The van der Waals surface area contributed by atoms with Crippen molar-refractivity contribution in [1.29, 1.82) is 0 Å². The van der Waals surface area contributed by atoms with E-state index < -0.39 is 11.7 Å². The van der Waals surface area contributed by atoms with Gasteiger partial charge in [-0.25, -0.2) is 4.39 Å². The molecule has 4 N–H and O–H groups in total. The van der Waals surface area contributed by atoms with Crippen molar-refractivity contribution < 1.29 is 19.1 Å². The Kier molecular flexibility index (Phi) is 4.27. The largest absolute Gasteiger partial charge is 0.494 e. The van der Waals surface area contributed by atoms with Gasteiger partial charge in [-0.05, 0) is 18.2 Å². The highest BCUT2D eigenvalue weighted by Gasteiger charge is 2.10. The van der Waals surface area contributed by atoms with Gasteiger partial charge in [0.1, 0.15) is 0 Å². The van der Waals surface area contributed by atoms with Crippen LogP contribution in [-0.2, 0) is 0 Å². The van der Waals surface area contributed by atoms with Crippen molar-refractivity contribution in [2.45, 2.75) is 0 Å². The van der Waals surface area contributed by atoms with Crippen LogP contribution in [0, 0.1) is 5.82 Å². The molecule has 0 radical (unpaired) electrons. The van der Waals surface area contributed by atoms with E-state index in [9.17, 15) is 9.18 Å². The number of nitrogens with two attached hydrogens (primary N) is 1. The van der Waals surface area contributed by atoms with E-state index in [2.05, 4.69) is 10.5 Å². The third kappa shape index (κ3) is 3.33. The number of amidine groups is 1. The van der Waals surface area contributed by atoms with Crippen LogP contribution in [-0.4, -0.2) is 30.6 Å². The van der Waals surface area contributed by atoms with Crippen molar-refractivity contribution in [2.75, 3.05) is 13.7 Å². The number of nitrogens with one attached hydrogen (secondary N) is 1. The molecule has 1 amide bonds. The van der Waals surface area contributed by atoms with Crippen LogP contribution in [0.1, 0.15) is 10.4 Å². The number of oxime groups is 1. The quantitative estimate of drug-likeness (QED) is 0.306. The molecule has 0 saturated heterocycles. The first-order valence-corrected chi connectivity index (χ1v) is 4.66. The molecule has 0 spiro atoms. The fourth-order valence-electron chi connectivity index (χ4n) is 1.12. The van der Waals surface area contributed by atoms with Crippen LogP contribution < -0.4 is 15.8 Å². The average molecular weight is 241 g/mol. The van der Waals surface area contributed by atoms with Gasteiger partial charge in [-0.3, -0.25) is 4.79 Å². The molecule has 6 nitrogen and oxygen atoms in total. The van der Waals surface area contributed by atoms with Gasteiger partial charge >= 0.3 is 0 Å². The predicted molar refractivity (Wildman–Crippen MR) is 58.7 cm³/mol. The van der Waals surface area contributed by atoms with Crippen LogP contribution in [0.2, 0.25) is 0 Å². The summed E-state index contributed by atoms with van der Waals surface area (Å²) in [6, 6.07) is 3.79. The summed E-state index contributed by atoms with van der Waals surface area (Å²) in [4.78, 5) is 11.5. The van der Waals surface area contributed by atoms with E-state index >= 15 is 0 Å². The zero-order valence-corrected chi connectivity index (χ0v) is 9.11. The third-order valence-corrected chi connectivity index (χ3v) is 1.97. The van der Waals surface area contributed by atoms with E-state index in [1.165, 1.54) is 19.2 Å². The van der Waals surface area contributed by atoms with Gasteiger partial charge in [-0.15, -0.1) is 0 Å². The van der Waals surface area contributed by atoms with Crippen molar-refractivity contribution in [3.8, 4) is 5.75 Å². The second-order valence-corrected chi connectivity index (χ2v) is 3.12. The lowest BCUT2D eigenvalue weighted by Crippen LogP contribution is -2.33. The Morgan fingerprint density at radius 1 is 1.65 bits per heavy atom. The molecule has 0 fully saturated rings. The van der Waals surface area contributed by atoms with E-state index in [4.69, 9.17) is 15.7 Å². The molecule has 1 rings (SSSR count). The fraction of sp³-hybridized carbons (Fsp3) is 0.200. The van der Waals surface area contributed by atoms with Gasteiger partial charge in [0, 0.05) is 5.56 Å². The van der Waals surface area contributed by atoms with E-state index in [1.807, 2.05) is 0 Å². The molecule has 0 unspecified atom stereocenters. The number of hydrogen-bond donors (Lipinski definition) is 3. The van der Waals surface area contributed by atoms with Gasteiger partial charge < -0.3 is 21.0 Å². The summed E-state index contributed by atoms with van der Waals surface area (Å²) in [6.45, 7) is -0.122. The Balaban J connectivity index is 2.73. The maximum Gasteiger partial charge on any atom is 0.251 e. The highest BCUT2D eigenvalue weighted by Crippen LogP contribution is 2.17. The van der Waals surface area contributed by atoms with Gasteiger partial charge in [0.25, 0.3) is 5.91 Å². The third-order valence-electron chi connectivity index (χ3n) is 1.97. The van der Waals surface area contributed by atoms with Crippen LogP contribution in [0.4, 0.5) is 4.39 Å². The molecule has 17 heavy (non-hydrogen) atoms. The molecule has 1 aromatic rings. The summed E-state index contributed by atoms with van der Waals surface area (Å²) >= 11 is 0. The Bertz CT molecular complexity index is 448. The van der Waals surface area contributed by atoms with E-state index in [0.717, 1.165) is 6.07 Å². The number of benzene rings is 1. The first kappa shape index (κ1) is 12.8. The molecular weight excluding hydrogens is 229 g/mol. The van der Waals surface area contributed by atoms with Crippen molar-refractivity contribution >= 4 is 11.7 Å². The molecule has 1 aromatic carbocycles. The first-order chi connectivity index (χ1) is 8.08. The van der Waals surface area contributed by atoms with E-state index in [1.54, 1.807) is 0 Å². The summed E-state index contributed by atoms with van der Waals surface area (Å²) in [6.07, 6.45) is 0. The fourth-order valence-corrected chi connectivity index (χ4v) is 1.12. The molecule has 92 valence electrons. The van der Waals surface area contributed by atoms with Crippen molar-refractivity contribution in [1.82, 2.24) is 5.32 Å². The first-order valence-electron chi connectivity index (χ1n) is 4.66. The Morgan fingerprint density at radius 2 is 2.35 bits per heavy atom. The van der Waals surface area contributed by atoms with Crippen LogP contribution in [0.25, 0.3) is 0 Å². The average Bonchev–Trinajstić information content (AvgIpc) is 2.35. The van der Waals surface area contributed by atoms with Crippen molar-refractivity contribution in [2.24, 2.45) is 10.9 Å². The summed E-state index contributed by atoms with van der Waals surface area (Å²) < 4.78 is 18.0. The Morgan fingerprint density at radius 3 is 2.88 bits per heavy atom. The molecule has 0 atom stereocenters. The normalized spacial score (nSPS) is 11.1. The maximum absolute atomic E-state index is 13.3. The topological polar surface area (TPSA) is 96.9 Å². The molecule has 7 heteroatoms. The Labute approximate surface area is 96.9 Å². The van der Waals surface area contributed by atoms with Crippen LogP contribution >= 0.6 is 0 Å². The lowest BCUT2D eigenvalue weighted by atomic mass is 10.2. The number of methoxy groups -OCH3 is 1. The molecule has 0 aliphatic heterocycles. The predicted octanol–water partition coefficient (Wildman–Crippen LogP) is 0.310. The van der Waals surface area contributed by atoms with Crippen LogP contribution in [0.5, 0.6) is 5.75 Å². The number of rotatable bonds is 4. The number of hydrogen-bond acceptors (Lipinski definition) is 4. The number of carbonyl (C=O) groups excluding carboxylic acids is 1. The molecule has 0 saturated carbocycles. The highest BCUT2D eigenvalue weighted by molar-refractivity contribution is 5.97. The summed E-state index contributed by atoms with van der Waals surface area (Å²) in [5, 5.41) is 13.3. The van der Waals surface area contributed by atoms with Crippen molar-refractivity contribution in [3.05, 3.63) is 29.6 Å². The monoisotopic (exact) mass is 241 g/mol. The van der Waals surface area contributed by atoms with Crippen LogP contribution in [0.3, 0.4) is 0 Å². The second kappa shape index (κ2) is 5.69. The zero-order chi connectivity index (χ0) is 12.8. The smallest absolute Gasteiger partial charge is 0.251 e. The standard InChI is InChI=1S/C10H12FN3O3/c1-17-8-3-2-6(4-7(8)11)10(15)13-5-9(12)14-16/h2-4,16H,5H2,1H3,(H2,12,14)(H,13,15). The molecule has 0 aliphatic rings. The SMILES string of the molecule is COc1ccc(C(=O)NCC(N)=NO)cc1F.